The highest BCUT2D eigenvalue weighted by Crippen LogP contribution is 2.38. The predicted molar refractivity (Wildman–Crippen MR) is 150 cm³/mol. The molecule has 0 unspecified atom stereocenters. The zero-order chi connectivity index (χ0) is 27.1. The van der Waals surface area contributed by atoms with Crippen LogP contribution in [0.5, 0.6) is 0 Å². The SMILES string of the molecule is O=C(N[C@H]1CCCc2ccccc21)c1ccc2c(c1)N(Cc1ccc(Cl)cc1)C(=O)c1ccccc1S2(=O)=O. The average Bonchev–Trinajstić information content (AvgIpc) is 3.02. The van der Waals surface area contributed by atoms with Crippen molar-refractivity contribution in [1.29, 1.82) is 0 Å². The highest BCUT2D eigenvalue weighted by molar-refractivity contribution is 7.91. The highest BCUT2D eigenvalue weighted by Gasteiger charge is 2.36. The first-order valence-electron chi connectivity index (χ1n) is 12.8. The third-order valence-electron chi connectivity index (χ3n) is 7.38. The monoisotopic (exact) mass is 556 g/mol. The van der Waals surface area contributed by atoms with Crippen molar-refractivity contribution in [3.8, 4) is 0 Å². The second-order valence-corrected chi connectivity index (χ2v) is 12.1. The van der Waals surface area contributed by atoms with Crippen molar-refractivity contribution in [3.05, 3.63) is 124 Å². The van der Waals surface area contributed by atoms with Gasteiger partial charge in [0, 0.05) is 10.6 Å². The van der Waals surface area contributed by atoms with Crippen LogP contribution in [-0.2, 0) is 22.8 Å². The molecular formula is C31H25ClN2O4S. The molecule has 6 nitrogen and oxygen atoms in total. The van der Waals surface area contributed by atoms with Gasteiger partial charge in [0.1, 0.15) is 0 Å². The van der Waals surface area contributed by atoms with Crippen molar-refractivity contribution in [2.45, 2.75) is 41.6 Å². The van der Waals surface area contributed by atoms with E-state index in [1.165, 1.54) is 40.8 Å². The van der Waals surface area contributed by atoms with Crippen LogP contribution < -0.4 is 10.2 Å². The second-order valence-electron chi connectivity index (χ2n) is 9.82. The van der Waals surface area contributed by atoms with Crippen LogP contribution >= 0.6 is 11.6 Å². The molecule has 1 atom stereocenters. The molecule has 0 aromatic heterocycles. The Kier molecular flexibility index (Phi) is 6.49. The van der Waals surface area contributed by atoms with E-state index in [0.29, 0.717) is 5.02 Å². The minimum absolute atomic E-state index is 0.0191. The summed E-state index contributed by atoms with van der Waals surface area (Å²) >= 11 is 6.06. The van der Waals surface area contributed by atoms with Crippen LogP contribution in [0.25, 0.3) is 0 Å². The predicted octanol–water partition coefficient (Wildman–Crippen LogP) is 6.14. The third kappa shape index (κ3) is 4.62. The molecule has 1 aliphatic carbocycles. The fourth-order valence-electron chi connectivity index (χ4n) is 5.42. The summed E-state index contributed by atoms with van der Waals surface area (Å²) in [5, 5.41) is 3.68. The maximum absolute atomic E-state index is 13.8. The second kappa shape index (κ2) is 9.98. The molecule has 8 heteroatoms. The summed E-state index contributed by atoms with van der Waals surface area (Å²) in [6, 6.07) is 25.6. The normalized spacial score (nSPS) is 17.4. The lowest BCUT2D eigenvalue weighted by Gasteiger charge is -2.27. The fraction of sp³-hybridized carbons (Fsp3) is 0.161. The molecule has 4 aromatic carbocycles. The van der Waals surface area contributed by atoms with E-state index in [9.17, 15) is 18.0 Å². The van der Waals surface area contributed by atoms with E-state index < -0.39 is 15.7 Å². The van der Waals surface area contributed by atoms with E-state index in [0.717, 1.165) is 30.4 Å². The van der Waals surface area contributed by atoms with Gasteiger partial charge in [-0.25, -0.2) is 8.42 Å². The molecule has 0 bridgehead atoms. The molecular weight excluding hydrogens is 532 g/mol. The van der Waals surface area contributed by atoms with Gasteiger partial charge in [-0.3, -0.25) is 9.59 Å². The number of anilines is 1. The number of benzene rings is 4. The van der Waals surface area contributed by atoms with Gasteiger partial charge in [-0.1, -0.05) is 60.1 Å². The van der Waals surface area contributed by atoms with Crippen LogP contribution in [0.2, 0.25) is 5.02 Å². The Labute approximate surface area is 232 Å². The molecule has 6 rings (SSSR count). The fourth-order valence-corrected chi connectivity index (χ4v) is 7.18. The topological polar surface area (TPSA) is 83.6 Å². The lowest BCUT2D eigenvalue weighted by molar-refractivity contribution is 0.0930. The molecule has 0 saturated carbocycles. The van der Waals surface area contributed by atoms with Crippen molar-refractivity contribution in [2.24, 2.45) is 0 Å². The van der Waals surface area contributed by atoms with Gasteiger partial charge in [0.05, 0.1) is 33.6 Å². The summed E-state index contributed by atoms with van der Waals surface area (Å²) in [5.41, 5.74) is 3.63. The van der Waals surface area contributed by atoms with Gasteiger partial charge in [-0.15, -0.1) is 0 Å². The standard InChI is InChI=1S/C31H25ClN2O4S/c32-23-15-12-20(13-16-23)19-34-27-18-22(30(35)33-26-10-5-7-21-6-1-2-8-24(21)26)14-17-29(27)39(37,38)28-11-4-3-9-25(28)31(34)36/h1-4,6,8-9,11-18,26H,5,7,10,19H2,(H,33,35)/t26-/m0/s1. The van der Waals surface area contributed by atoms with Gasteiger partial charge >= 0.3 is 0 Å². The van der Waals surface area contributed by atoms with Gasteiger partial charge in [-0.05, 0) is 78.4 Å². The summed E-state index contributed by atoms with van der Waals surface area (Å²) in [4.78, 5) is 28.7. The molecule has 1 aliphatic heterocycles. The molecule has 39 heavy (non-hydrogen) atoms. The Morgan fingerprint density at radius 3 is 2.49 bits per heavy atom. The van der Waals surface area contributed by atoms with Crippen molar-refractivity contribution in [2.75, 3.05) is 4.90 Å². The summed E-state index contributed by atoms with van der Waals surface area (Å²) in [6.45, 7) is 0.105. The maximum Gasteiger partial charge on any atom is 0.259 e. The van der Waals surface area contributed by atoms with Crippen molar-refractivity contribution < 1.29 is 18.0 Å². The van der Waals surface area contributed by atoms with Crippen molar-refractivity contribution >= 4 is 38.9 Å². The largest absolute Gasteiger partial charge is 0.345 e. The van der Waals surface area contributed by atoms with Crippen molar-refractivity contribution in [3.63, 3.8) is 0 Å². The molecule has 0 fully saturated rings. The first-order valence-corrected chi connectivity index (χ1v) is 14.6. The van der Waals surface area contributed by atoms with Crippen LogP contribution in [0.1, 0.15) is 56.3 Å². The van der Waals surface area contributed by atoms with E-state index in [1.54, 1.807) is 36.4 Å². The van der Waals surface area contributed by atoms with Crippen LogP contribution in [0.3, 0.4) is 0 Å². The molecule has 1 heterocycles. The minimum Gasteiger partial charge on any atom is -0.345 e. The lowest BCUT2D eigenvalue weighted by Crippen LogP contribution is -2.32. The zero-order valence-corrected chi connectivity index (χ0v) is 22.5. The molecule has 0 radical (unpaired) electrons. The molecule has 2 amide bonds. The third-order valence-corrected chi connectivity index (χ3v) is 9.49. The van der Waals surface area contributed by atoms with Crippen LogP contribution in [0, 0.1) is 0 Å². The number of hydrogen-bond acceptors (Lipinski definition) is 4. The molecule has 196 valence electrons. The van der Waals surface area contributed by atoms with E-state index in [2.05, 4.69) is 11.4 Å². The summed E-state index contributed by atoms with van der Waals surface area (Å²) in [6.07, 6.45) is 2.76. The number of amides is 2. The van der Waals surface area contributed by atoms with Gasteiger partial charge in [-0.2, -0.15) is 0 Å². The van der Waals surface area contributed by atoms with E-state index in [-0.39, 0.29) is 45.1 Å². The van der Waals surface area contributed by atoms with Gasteiger partial charge < -0.3 is 10.2 Å². The number of fused-ring (bicyclic) bond motifs is 3. The Bertz CT molecular complexity index is 1720. The zero-order valence-electron chi connectivity index (χ0n) is 20.9. The quantitative estimate of drug-likeness (QED) is 0.327. The lowest BCUT2D eigenvalue weighted by atomic mass is 9.87. The van der Waals surface area contributed by atoms with E-state index in [4.69, 9.17) is 11.6 Å². The average molecular weight is 557 g/mol. The van der Waals surface area contributed by atoms with Crippen LogP contribution in [0.15, 0.2) is 101 Å². The van der Waals surface area contributed by atoms with Crippen LogP contribution in [-0.4, -0.2) is 20.2 Å². The smallest absolute Gasteiger partial charge is 0.259 e. The molecule has 1 N–H and O–H groups in total. The Balaban J connectivity index is 1.43. The summed E-state index contributed by atoms with van der Waals surface area (Å²) < 4.78 is 27.5. The Morgan fingerprint density at radius 1 is 0.923 bits per heavy atom. The molecule has 2 aliphatic rings. The number of hydrogen-bond donors (Lipinski definition) is 1. The first-order chi connectivity index (χ1) is 18.8. The van der Waals surface area contributed by atoms with E-state index in [1.807, 2.05) is 18.2 Å². The van der Waals surface area contributed by atoms with Crippen molar-refractivity contribution in [1.82, 2.24) is 5.32 Å². The minimum atomic E-state index is -4.03. The summed E-state index contributed by atoms with van der Waals surface area (Å²) in [7, 11) is -4.03. The maximum atomic E-state index is 13.8. The number of nitrogens with zero attached hydrogens (tertiary/aromatic N) is 1. The Hall–Kier alpha value is -3.94. The number of aryl methyl sites for hydroxylation is 1. The molecule has 0 spiro atoms. The molecule has 0 saturated heterocycles. The number of carbonyl (C=O) groups is 2. The van der Waals surface area contributed by atoms with Crippen LogP contribution in [0.4, 0.5) is 5.69 Å². The van der Waals surface area contributed by atoms with Gasteiger partial charge in [0.2, 0.25) is 9.84 Å². The number of rotatable bonds is 4. The molecule has 4 aromatic rings. The summed E-state index contributed by atoms with van der Waals surface area (Å²) in [5.74, 6) is -0.779. The number of carbonyl (C=O) groups excluding carboxylic acids is 2. The number of halogens is 1. The number of nitrogens with one attached hydrogen (secondary N) is 1. The highest BCUT2D eigenvalue weighted by atomic mass is 35.5. The first kappa shape index (κ1) is 25.3. The Morgan fingerprint density at radius 2 is 1.67 bits per heavy atom. The van der Waals surface area contributed by atoms with Gasteiger partial charge in [0.15, 0.2) is 0 Å². The number of sulfone groups is 1. The van der Waals surface area contributed by atoms with Gasteiger partial charge in [0.25, 0.3) is 11.8 Å². The van der Waals surface area contributed by atoms with E-state index >= 15 is 0 Å².